The van der Waals surface area contributed by atoms with Crippen molar-refractivity contribution < 1.29 is 26.1 Å². The van der Waals surface area contributed by atoms with Crippen molar-refractivity contribution in [1.82, 2.24) is 0 Å². The lowest BCUT2D eigenvalue weighted by atomic mass is 10.2. The minimum Gasteiger partial charge on any atom is -0.741 e. The second kappa shape index (κ2) is 8.37. The van der Waals surface area contributed by atoms with Crippen molar-refractivity contribution in [2.45, 2.75) is 30.9 Å². The Kier molecular flexibility index (Phi) is 8.17. The van der Waals surface area contributed by atoms with Crippen LogP contribution in [-0.2, 0) is 26.8 Å². The Bertz CT molecular complexity index is 540. The molecule has 1 atom stereocenters. The molecule has 0 amide bonds. The highest BCUT2D eigenvalue weighted by atomic mass is 32.2. The van der Waals surface area contributed by atoms with Gasteiger partial charge in [0.15, 0.2) is 10.1 Å². The van der Waals surface area contributed by atoms with Crippen molar-refractivity contribution in [2.24, 2.45) is 0 Å². The summed E-state index contributed by atoms with van der Waals surface area (Å²) in [6.07, 6.45) is 2.41. The lowest BCUT2D eigenvalue weighted by Gasteiger charge is -2.14. The highest BCUT2D eigenvalue weighted by molar-refractivity contribution is 7.97. The van der Waals surface area contributed by atoms with Gasteiger partial charge >= 0.3 is 5.51 Å². The van der Waals surface area contributed by atoms with Gasteiger partial charge in [-0.1, -0.05) is 50.0 Å². The Morgan fingerprint density at radius 3 is 1.86 bits per heavy atom. The molecule has 1 rings (SSSR count). The molecule has 0 fully saturated rings. The minimum atomic E-state index is -6.09. The second-order valence-corrected chi connectivity index (χ2v) is 15.5. The van der Waals surface area contributed by atoms with Crippen molar-refractivity contribution >= 4 is 29.1 Å². The first-order valence-corrected chi connectivity index (χ1v) is 13.5. The Balaban J connectivity index is 0.000000472. The molecule has 0 aliphatic rings. The van der Waals surface area contributed by atoms with Crippen molar-refractivity contribution in [3.05, 3.63) is 35.9 Å². The Morgan fingerprint density at radius 1 is 1.14 bits per heavy atom. The van der Waals surface area contributed by atoms with Gasteiger partial charge in [-0.25, -0.2) is 8.42 Å². The highest BCUT2D eigenvalue weighted by Gasteiger charge is 2.36. The van der Waals surface area contributed by atoms with Crippen molar-refractivity contribution in [3.8, 4) is 0 Å². The zero-order valence-electron chi connectivity index (χ0n) is 13.0. The third-order valence-corrected chi connectivity index (χ3v) is 9.05. The summed E-state index contributed by atoms with van der Waals surface area (Å²) >= 11 is 0. The van der Waals surface area contributed by atoms with Gasteiger partial charge in [-0.15, -0.1) is 0 Å². The van der Waals surface area contributed by atoms with E-state index in [0.717, 1.165) is 0 Å². The van der Waals surface area contributed by atoms with E-state index in [4.69, 9.17) is 13.0 Å². The fourth-order valence-electron chi connectivity index (χ4n) is 1.65. The molecule has 0 spiro atoms. The molecule has 22 heavy (non-hydrogen) atoms. The van der Waals surface area contributed by atoms with Crippen LogP contribution < -0.4 is 0 Å². The van der Waals surface area contributed by atoms with E-state index < -0.39 is 23.7 Å². The largest absolute Gasteiger partial charge is 0.741 e. The zero-order chi connectivity index (χ0) is 17.6. The minimum absolute atomic E-state index is 0.571. The molecule has 0 aromatic heterocycles. The van der Waals surface area contributed by atoms with Gasteiger partial charge in [0, 0.05) is 5.56 Å². The van der Waals surface area contributed by atoms with Crippen molar-refractivity contribution in [1.29, 1.82) is 0 Å². The van der Waals surface area contributed by atoms with E-state index in [2.05, 4.69) is 56.2 Å². The van der Waals surface area contributed by atoms with Gasteiger partial charge in [0.1, 0.15) is 13.8 Å². The average Bonchev–Trinajstić information content (AvgIpc) is 2.25. The molecule has 0 N–H and O–H groups in total. The van der Waals surface area contributed by atoms with Crippen LogP contribution in [0.2, 0.25) is 19.6 Å². The van der Waals surface area contributed by atoms with Crippen LogP contribution in [0.25, 0.3) is 0 Å². The topological polar surface area (TPSA) is 57.2 Å². The molecule has 3 nitrogen and oxygen atoms in total. The van der Waals surface area contributed by atoms with Gasteiger partial charge in [0.05, 0.1) is 11.6 Å². The smallest absolute Gasteiger partial charge is 0.485 e. The number of halogens is 3. The monoisotopic (exact) mass is 374 g/mol. The van der Waals surface area contributed by atoms with Crippen LogP contribution in [0.3, 0.4) is 0 Å². The van der Waals surface area contributed by atoms with Crippen LogP contribution in [0.5, 0.6) is 0 Å². The molecule has 0 saturated carbocycles. The van der Waals surface area contributed by atoms with Gasteiger partial charge < -0.3 is 4.55 Å². The molecule has 0 aliphatic carbocycles. The van der Waals surface area contributed by atoms with Crippen LogP contribution in [0.1, 0.15) is 5.56 Å². The van der Waals surface area contributed by atoms with Gasteiger partial charge in [-0.3, -0.25) is 0 Å². The van der Waals surface area contributed by atoms with Crippen LogP contribution in [0.15, 0.2) is 30.3 Å². The summed E-state index contributed by atoms with van der Waals surface area (Å²) in [7, 11) is -6.38. The maximum atomic E-state index is 10.7. The van der Waals surface area contributed by atoms with Crippen LogP contribution in [0.4, 0.5) is 13.2 Å². The number of alkyl halides is 3. The molecule has 9 heteroatoms. The predicted molar refractivity (Wildman–Crippen MR) is 87.4 cm³/mol. The Labute approximate surface area is 134 Å². The van der Waals surface area contributed by atoms with Gasteiger partial charge in [0.2, 0.25) is 0 Å². The third kappa shape index (κ3) is 10.3. The normalized spacial score (nSPS) is 14.0. The second-order valence-electron chi connectivity index (χ2n) is 6.02. The summed E-state index contributed by atoms with van der Waals surface area (Å²) in [6, 6.07) is 10.9. The molecule has 1 aromatic rings. The van der Waals surface area contributed by atoms with E-state index >= 15 is 0 Å². The quantitative estimate of drug-likeness (QED) is 0.351. The Hall–Kier alpha value is -0.513. The zero-order valence-corrected chi connectivity index (χ0v) is 15.6. The number of hydrogen-bond donors (Lipinski definition) is 0. The molecule has 0 aliphatic heterocycles. The number of rotatable bonds is 4. The summed E-state index contributed by atoms with van der Waals surface area (Å²) in [6.45, 7) is 7.38. The summed E-state index contributed by atoms with van der Waals surface area (Å²) in [4.78, 5) is 0. The summed E-state index contributed by atoms with van der Waals surface area (Å²) in [5.74, 6) is 1.27. The molecule has 1 unspecified atom stereocenters. The molecule has 128 valence electrons. The predicted octanol–water partition coefficient (Wildman–Crippen LogP) is 3.36. The van der Waals surface area contributed by atoms with Gasteiger partial charge in [-0.2, -0.15) is 13.2 Å². The first-order valence-electron chi connectivity index (χ1n) is 6.37. The van der Waals surface area contributed by atoms with E-state index in [-0.39, 0.29) is 0 Å². The van der Waals surface area contributed by atoms with E-state index in [1.165, 1.54) is 16.7 Å². The molecular formula is C13H21F3O3S2Si. The summed E-state index contributed by atoms with van der Waals surface area (Å²) in [5.41, 5.74) is -4.15. The van der Waals surface area contributed by atoms with Crippen LogP contribution in [0, 0.1) is 0 Å². The van der Waals surface area contributed by atoms with E-state index in [1.54, 1.807) is 0 Å². The molecule has 1 aromatic carbocycles. The molecule has 0 heterocycles. The first kappa shape index (κ1) is 21.5. The van der Waals surface area contributed by atoms with Crippen molar-refractivity contribution in [3.63, 3.8) is 0 Å². The van der Waals surface area contributed by atoms with Crippen LogP contribution >= 0.6 is 0 Å². The lowest BCUT2D eigenvalue weighted by molar-refractivity contribution is -0.0517. The lowest BCUT2D eigenvalue weighted by Crippen LogP contribution is -2.32. The molecule has 0 saturated heterocycles. The molecular weight excluding hydrogens is 353 g/mol. The highest BCUT2D eigenvalue weighted by Crippen LogP contribution is 2.20. The number of benzene rings is 1. The maximum Gasteiger partial charge on any atom is 0.485 e. The van der Waals surface area contributed by atoms with Crippen LogP contribution in [-0.4, -0.2) is 38.2 Å². The summed E-state index contributed by atoms with van der Waals surface area (Å²) < 4.78 is 58.9. The van der Waals surface area contributed by atoms with Gasteiger partial charge in [-0.05, 0) is 10.9 Å². The fourth-order valence-corrected chi connectivity index (χ4v) is 8.73. The Morgan fingerprint density at radius 2 is 1.55 bits per heavy atom. The van der Waals surface area contributed by atoms with E-state index in [1.807, 2.05) is 0 Å². The third-order valence-electron chi connectivity index (χ3n) is 2.22. The summed E-state index contributed by atoms with van der Waals surface area (Å²) in [5, 5.41) is 1.46. The average molecular weight is 375 g/mol. The SMILES string of the molecule is C[S+](Cc1ccccc1)C[Si](C)(C)C.O=S(=O)([O-])C(F)(F)F. The standard InChI is InChI=1S/C12H21SSi.CHF3O3S/c1-13(11-14(2,3)4)10-12-8-6-5-7-9-12;2-1(3,4)8(5,6)7/h5-9H,10-11H2,1-4H3;(H,5,6,7)/q+1;/p-1. The van der Waals surface area contributed by atoms with Gasteiger partial charge in [0.25, 0.3) is 0 Å². The fraction of sp³-hybridized carbons (Fsp3) is 0.538. The first-order chi connectivity index (χ1) is 9.72. The van der Waals surface area contributed by atoms with E-state index in [0.29, 0.717) is 10.9 Å². The van der Waals surface area contributed by atoms with Crippen molar-refractivity contribution in [2.75, 3.05) is 11.6 Å². The maximum absolute atomic E-state index is 10.7. The molecule has 0 bridgehead atoms. The van der Waals surface area contributed by atoms with E-state index in [9.17, 15) is 13.2 Å². The number of hydrogen-bond acceptors (Lipinski definition) is 3. The molecule has 0 radical (unpaired) electrons.